The van der Waals surface area contributed by atoms with Crippen LogP contribution in [0, 0.1) is 0 Å². The molecular formula is C11H14N4O2S. The molecule has 0 aliphatic heterocycles. The lowest BCUT2D eigenvalue weighted by atomic mass is 10.2. The Morgan fingerprint density at radius 3 is 2.94 bits per heavy atom. The highest BCUT2D eigenvalue weighted by molar-refractivity contribution is 7.13. The summed E-state index contributed by atoms with van der Waals surface area (Å²) in [4.78, 5) is 18.0. The van der Waals surface area contributed by atoms with E-state index in [1.165, 1.54) is 17.6 Å². The van der Waals surface area contributed by atoms with E-state index in [1.807, 2.05) is 6.92 Å². The normalized spacial score (nSPS) is 12.2. The van der Waals surface area contributed by atoms with Gasteiger partial charge < -0.3 is 14.7 Å². The number of nitrogens with zero attached hydrogens (tertiary/aromatic N) is 3. The molecule has 0 aliphatic rings. The number of hydrogen-bond acceptors (Lipinski definition) is 6. The average Bonchev–Trinajstić information content (AvgIpc) is 3.06. The second kappa shape index (κ2) is 5.18. The molecule has 0 aliphatic carbocycles. The standard InChI is InChI=1S/C11H14N4O2S/c1-7(8-4-5-17-14-8)15(3)10(16)9-6-18-11(12-2)13-9/h4-7H,1-3H3,(H,12,13)/t7-/m1/s1. The zero-order chi connectivity index (χ0) is 13.1. The molecule has 0 fully saturated rings. The van der Waals surface area contributed by atoms with E-state index in [9.17, 15) is 4.79 Å². The lowest BCUT2D eigenvalue weighted by molar-refractivity contribution is 0.0732. The molecule has 2 aromatic heterocycles. The van der Waals surface area contributed by atoms with Gasteiger partial charge in [0.15, 0.2) is 5.13 Å². The minimum absolute atomic E-state index is 0.136. The van der Waals surface area contributed by atoms with Crippen molar-refractivity contribution in [1.82, 2.24) is 15.0 Å². The smallest absolute Gasteiger partial charge is 0.273 e. The quantitative estimate of drug-likeness (QED) is 0.916. The first-order chi connectivity index (χ1) is 8.63. The van der Waals surface area contributed by atoms with E-state index in [4.69, 9.17) is 4.52 Å². The number of carbonyl (C=O) groups is 1. The van der Waals surface area contributed by atoms with Crippen LogP contribution in [0.4, 0.5) is 5.13 Å². The van der Waals surface area contributed by atoms with Crippen molar-refractivity contribution in [1.29, 1.82) is 0 Å². The molecule has 7 heteroatoms. The molecule has 0 radical (unpaired) electrons. The first-order valence-electron chi connectivity index (χ1n) is 5.44. The molecule has 1 atom stereocenters. The van der Waals surface area contributed by atoms with Gasteiger partial charge in [0, 0.05) is 25.5 Å². The highest BCUT2D eigenvalue weighted by Crippen LogP contribution is 2.21. The van der Waals surface area contributed by atoms with Crippen LogP contribution in [0.25, 0.3) is 0 Å². The van der Waals surface area contributed by atoms with Crippen molar-refractivity contribution in [2.24, 2.45) is 0 Å². The Balaban J connectivity index is 2.13. The van der Waals surface area contributed by atoms with E-state index in [1.54, 1.807) is 30.4 Å². The van der Waals surface area contributed by atoms with Crippen LogP contribution in [-0.4, -0.2) is 35.0 Å². The third-order valence-corrected chi connectivity index (χ3v) is 3.58. The fourth-order valence-electron chi connectivity index (χ4n) is 1.48. The Kier molecular flexibility index (Phi) is 3.61. The second-order valence-electron chi connectivity index (χ2n) is 3.80. The summed E-state index contributed by atoms with van der Waals surface area (Å²) in [6, 6.07) is 1.59. The lowest BCUT2D eigenvalue weighted by Gasteiger charge is -2.22. The molecule has 6 nitrogen and oxygen atoms in total. The fraction of sp³-hybridized carbons (Fsp3) is 0.364. The van der Waals surface area contributed by atoms with Crippen LogP contribution in [0.2, 0.25) is 0 Å². The zero-order valence-corrected chi connectivity index (χ0v) is 11.2. The summed E-state index contributed by atoms with van der Waals surface area (Å²) < 4.78 is 4.78. The van der Waals surface area contributed by atoms with Gasteiger partial charge in [0.1, 0.15) is 17.7 Å². The van der Waals surface area contributed by atoms with Crippen molar-refractivity contribution in [2.75, 3.05) is 19.4 Å². The lowest BCUT2D eigenvalue weighted by Crippen LogP contribution is -2.30. The van der Waals surface area contributed by atoms with Crippen LogP contribution >= 0.6 is 11.3 Å². The van der Waals surface area contributed by atoms with Crippen molar-refractivity contribution in [3.05, 3.63) is 29.1 Å². The number of anilines is 1. The van der Waals surface area contributed by atoms with Gasteiger partial charge in [-0.2, -0.15) is 0 Å². The summed E-state index contributed by atoms with van der Waals surface area (Å²) in [7, 11) is 3.49. The largest absolute Gasteiger partial charge is 0.365 e. The zero-order valence-electron chi connectivity index (χ0n) is 10.4. The van der Waals surface area contributed by atoms with Crippen LogP contribution in [0.15, 0.2) is 22.2 Å². The van der Waals surface area contributed by atoms with Gasteiger partial charge in [0.05, 0.1) is 6.04 Å². The minimum Gasteiger partial charge on any atom is -0.365 e. The molecule has 0 saturated heterocycles. The molecule has 0 saturated carbocycles. The van der Waals surface area contributed by atoms with Crippen LogP contribution in [0.1, 0.15) is 29.1 Å². The van der Waals surface area contributed by atoms with Gasteiger partial charge in [-0.3, -0.25) is 4.79 Å². The maximum absolute atomic E-state index is 12.2. The van der Waals surface area contributed by atoms with E-state index in [0.29, 0.717) is 5.69 Å². The summed E-state index contributed by atoms with van der Waals surface area (Å²) in [6.07, 6.45) is 1.49. The number of aromatic nitrogens is 2. The Labute approximate surface area is 109 Å². The van der Waals surface area contributed by atoms with E-state index in [2.05, 4.69) is 15.5 Å². The summed E-state index contributed by atoms with van der Waals surface area (Å²) in [5, 5.41) is 9.20. The summed E-state index contributed by atoms with van der Waals surface area (Å²) in [6.45, 7) is 1.89. The molecule has 0 aromatic carbocycles. The van der Waals surface area contributed by atoms with Crippen molar-refractivity contribution in [2.45, 2.75) is 13.0 Å². The first kappa shape index (κ1) is 12.6. The predicted octanol–water partition coefficient (Wildman–Crippen LogP) is 2.01. The fourth-order valence-corrected chi connectivity index (χ4v) is 2.12. The monoisotopic (exact) mass is 266 g/mol. The SMILES string of the molecule is CNc1nc(C(=O)N(C)[C@H](C)c2ccon2)cs1. The number of thiazole rings is 1. The highest BCUT2D eigenvalue weighted by atomic mass is 32.1. The summed E-state index contributed by atoms with van der Waals surface area (Å²) in [5.74, 6) is -0.136. The first-order valence-corrected chi connectivity index (χ1v) is 6.32. The van der Waals surface area contributed by atoms with E-state index >= 15 is 0 Å². The predicted molar refractivity (Wildman–Crippen MR) is 68.7 cm³/mol. The molecule has 0 unspecified atom stereocenters. The molecule has 0 spiro atoms. The number of amides is 1. The highest BCUT2D eigenvalue weighted by Gasteiger charge is 2.22. The Morgan fingerprint density at radius 1 is 1.61 bits per heavy atom. The Bertz CT molecular complexity index is 523. The van der Waals surface area contributed by atoms with Crippen molar-refractivity contribution in [3.8, 4) is 0 Å². The Morgan fingerprint density at radius 2 is 2.39 bits per heavy atom. The molecule has 96 valence electrons. The number of nitrogens with one attached hydrogen (secondary N) is 1. The molecular weight excluding hydrogens is 252 g/mol. The van der Waals surface area contributed by atoms with Crippen LogP contribution in [0.5, 0.6) is 0 Å². The Hall–Kier alpha value is -1.89. The molecule has 2 heterocycles. The van der Waals surface area contributed by atoms with Crippen molar-refractivity contribution < 1.29 is 9.32 Å². The third kappa shape index (κ3) is 2.35. The van der Waals surface area contributed by atoms with Gasteiger partial charge in [-0.25, -0.2) is 4.98 Å². The molecule has 1 amide bonds. The van der Waals surface area contributed by atoms with Crippen LogP contribution in [0.3, 0.4) is 0 Å². The van der Waals surface area contributed by atoms with Crippen LogP contribution in [-0.2, 0) is 0 Å². The van der Waals surface area contributed by atoms with Gasteiger partial charge >= 0.3 is 0 Å². The van der Waals surface area contributed by atoms with Gasteiger partial charge in [-0.15, -0.1) is 11.3 Å². The second-order valence-corrected chi connectivity index (χ2v) is 4.66. The molecule has 18 heavy (non-hydrogen) atoms. The van der Waals surface area contributed by atoms with E-state index in [-0.39, 0.29) is 11.9 Å². The van der Waals surface area contributed by atoms with Gasteiger partial charge in [-0.05, 0) is 6.92 Å². The number of hydrogen-bond donors (Lipinski definition) is 1. The van der Waals surface area contributed by atoms with Crippen molar-refractivity contribution in [3.63, 3.8) is 0 Å². The topological polar surface area (TPSA) is 71.3 Å². The third-order valence-electron chi connectivity index (χ3n) is 2.72. The van der Waals surface area contributed by atoms with E-state index < -0.39 is 0 Å². The maximum Gasteiger partial charge on any atom is 0.273 e. The van der Waals surface area contributed by atoms with Crippen molar-refractivity contribution >= 4 is 22.4 Å². The molecule has 1 N–H and O–H groups in total. The van der Waals surface area contributed by atoms with E-state index in [0.717, 1.165) is 10.8 Å². The van der Waals surface area contributed by atoms with Gasteiger partial charge in [0.25, 0.3) is 5.91 Å². The summed E-state index contributed by atoms with van der Waals surface area (Å²) >= 11 is 1.40. The molecule has 2 aromatic rings. The molecule has 0 bridgehead atoms. The minimum atomic E-state index is -0.156. The van der Waals surface area contributed by atoms with Gasteiger partial charge in [0.2, 0.25) is 0 Å². The van der Waals surface area contributed by atoms with Gasteiger partial charge in [-0.1, -0.05) is 5.16 Å². The van der Waals surface area contributed by atoms with Crippen LogP contribution < -0.4 is 5.32 Å². The number of rotatable bonds is 4. The molecule has 2 rings (SSSR count). The summed E-state index contributed by atoms with van der Waals surface area (Å²) in [5.41, 5.74) is 1.15. The number of carbonyl (C=O) groups excluding carboxylic acids is 1. The maximum atomic E-state index is 12.2. The average molecular weight is 266 g/mol.